The van der Waals surface area contributed by atoms with Gasteiger partial charge in [-0.2, -0.15) is 5.10 Å². The van der Waals surface area contributed by atoms with Gasteiger partial charge in [-0.25, -0.2) is 4.98 Å². The number of H-pyrrole nitrogens is 1. The Kier molecular flexibility index (Phi) is 3.88. The molecular formula is C13H18N4. The van der Waals surface area contributed by atoms with Crippen molar-refractivity contribution < 1.29 is 0 Å². The van der Waals surface area contributed by atoms with Gasteiger partial charge in [-0.05, 0) is 18.4 Å². The van der Waals surface area contributed by atoms with E-state index < -0.39 is 0 Å². The predicted molar refractivity (Wildman–Crippen MR) is 67.5 cm³/mol. The van der Waals surface area contributed by atoms with Crippen LogP contribution in [0.25, 0.3) is 0 Å². The maximum atomic E-state index is 6.07. The van der Waals surface area contributed by atoms with E-state index in [2.05, 4.69) is 27.3 Å². The van der Waals surface area contributed by atoms with Gasteiger partial charge in [0, 0.05) is 6.42 Å². The van der Waals surface area contributed by atoms with Crippen molar-refractivity contribution in [2.45, 2.75) is 32.2 Å². The zero-order chi connectivity index (χ0) is 12.1. The maximum absolute atomic E-state index is 6.07. The van der Waals surface area contributed by atoms with Crippen LogP contribution >= 0.6 is 0 Å². The predicted octanol–water partition coefficient (Wildman–Crippen LogP) is 2.00. The molecule has 0 aliphatic carbocycles. The second-order valence-corrected chi connectivity index (χ2v) is 4.12. The van der Waals surface area contributed by atoms with Gasteiger partial charge in [0.15, 0.2) is 5.82 Å². The summed E-state index contributed by atoms with van der Waals surface area (Å²) in [5, 5.41) is 7.03. The highest BCUT2D eigenvalue weighted by Gasteiger charge is 2.11. The molecule has 4 heteroatoms. The van der Waals surface area contributed by atoms with E-state index in [1.807, 2.05) is 25.1 Å². The van der Waals surface area contributed by atoms with Crippen LogP contribution in [0.15, 0.2) is 30.3 Å². The molecule has 4 nitrogen and oxygen atoms in total. The molecule has 1 aromatic carbocycles. The summed E-state index contributed by atoms with van der Waals surface area (Å²) in [4.78, 5) is 4.35. The van der Waals surface area contributed by atoms with Crippen LogP contribution in [0.2, 0.25) is 0 Å². The Bertz CT molecular complexity index is 449. The average molecular weight is 230 g/mol. The molecular weight excluding hydrogens is 212 g/mol. The van der Waals surface area contributed by atoms with E-state index in [1.54, 1.807) is 0 Å². The molecule has 3 N–H and O–H groups in total. The number of hydrogen-bond donors (Lipinski definition) is 2. The van der Waals surface area contributed by atoms with Crippen LogP contribution < -0.4 is 5.73 Å². The fourth-order valence-corrected chi connectivity index (χ4v) is 1.73. The number of nitrogens with two attached hydrogens (primary N) is 1. The van der Waals surface area contributed by atoms with E-state index in [-0.39, 0.29) is 6.04 Å². The number of hydrogen-bond acceptors (Lipinski definition) is 3. The molecule has 0 spiro atoms. The van der Waals surface area contributed by atoms with E-state index in [1.165, 1.54) is 5.56 Å². The van der Waals surface area contributed by atoms with Crippen LogP contribution in [0, 0.1) is 0 Å². The van der Waals surface area contributed by atoms with Gasteiger partial charge in [0.1, 0.15) is 5.82 Å². The maximum Gasteiger partial charge on any atom is 0.167 e. The van der Waals surface area contributed by atoms with Crippen LogP contribution in [0.5, 0.6) is 0 Å². The Balaban J connectivity index is 1.91. The molecule has 0 saturated heterocycles. The molecule has 0 saturated carbocycles. The molecule has 1 aromatic heterocycles. The van der Waals surface area contributed by atoms with Crippen molar-refractivity contribution in [2.75, 3.05) is 0 Å². The molecule has 2 rings (SSSR count). The number of aryl methyl sites for hydroxylation is 2. The molecule has 0 bridgehead atoms. The lowest BCUT2D eigenvalue weighted by Gasteiger charge is -2.07. The topological polar surface area (TPSA) is 67.6 Å². The lowest BCUT2D eigenvalue weighted by Crippen LogP contribution is -2.13. The van der Waals surface area contributed by atoms with Crippen LogP contribution in [0.3, 0.4) is 0 Å². The van der Waals surface area contributed by atoms with Crippen molar-refractivity contribution in [1.29, 1.82) is 0 Å². The molecule has 0 amide bonds. The number of benzene rings is 1. The fourth-order valence-electron chi connectivity index (χ4n) is 1.73. The fraction of sp³-hybridized carbons (Fsp3) is 0.385. The van der Waals surface area contributed by atoms with Gasteiger partial charge in [-0.1, -0.05) is 37.3 Å². The van der Waals surface area contributed by atoms with E-state index in [4.69, 9.17) is 5.73 Å². The van der Waals surface area contributed by atoms with Gasteiger partial charge in [0.25, 0.3) is 0 Å². The first-order valence-corrected chi connectivity index (χ1v) is 6.00. The summed E-state index contributed by atoms with van der Waals surface area (Å²) in [5.74, 6) is 1.62. The Labute approximate surface area is 101 Å². The van der Waals surface area contributed by atoms with Crippen LogP contribution in [-0.4, -0.2) is 15.2 Å². The van der Waals surface area contributed by atoms with Crippen LogP contribution in [0.1, 0.15) is 36.6 Å². The summed E-state index contributed by atoms with van der Waals surface area (Å²) in [6.07, 6.45) is 2.68. The number of rotatable bonds is 5. The molecule has 17 heavy (non-hydrogen) atoms. The number of aromatic nitrogens is 3. The van der Waals surface area contributed by atoms with Crippen molar-refractivity contribution in [3.8, 4) is 0 Å². The minimum atomic E-state index is -0.0910. The number of aromatic amines is 1. The molecule has 2 aromatic rings. The largest absolute Gasteiger partial charge is 0.321 e. The highest BCUT2D eigenvalue weighted by atomic mass is 15.2. The van der Waals surface area contributed by atoms with Gasteiger partial charge in [0.2, 0.25) is 0 Å². The van der Waals surface area contributed by atoms with E-state index in [0.29, 0.717) is 0 Å². The van der Waals surface area contributed by atoms with E-state index >= 15 is 0 Å². The second-order valence-electron chi connectivity index (χ2n) is 4.12. The Morgan fingerprint density at radius 2 is 2.06 bits per heavy atom. The monoisotopic (exact) mass is 230 g/mol. The third-order valence-corrected chi connectivity index (χ3v) is 2.80. The molecule has 0 fully saturated rings. The minimum absolute atomic E-state index is 0.0910. The SMILES string of the molecule is CCc1nc([C@@H](N)CCc2ccccc2)n[nH]1. The Morgan fingerprint density at radius 3 is 2.71 bits per heavy atom. The Hall–Kier alpha value is -1.68. The molecule has 0 aliphatic rings. The highest BCUT2D eigenvalue weighted by Crippen LogP contribution is 2.13. The number of nitrogens with zero attached hydrogens (tertiary/aromatic N) is 2. The zero-order valence-electron chi connectivity index (χ0n) is 10.1. The molecule has 0 radical (unpaired) electrons. The van der Waals surface area contributed by atoms with Gasteiger partial charge in [-0.3, -0.25) is 5.10 Å². The lowest BCUT2D eigenvalue weighted by atomic mass is 10.1. The van der Waals surface area contributed by atoms with Crippen molar-refractivity contribution >= 4 is 0 Å². The molecule has 0 aliphatic heterocycles. The summed E-state index contributed by atoms with van der Waals surface area (Å²) in [6, 6.07) is 10.2. The van der Waals surface area contributed by atoms with E-state index in [0.717, 1.165) is 30.9 Å². The summed E-state index contributed by atoms with van der Waals surface area (Å²) < 4.78 is 0. The zero-order valence-corrected chi connectivity index (χ0v) is 10.1. The van der Waals surface area contributed by atoms with Gasteiger partial charge >= 0.3 is 0 Å². The van der Waals surface area contributed by atoms with Gasteiger partial charge < -0.3 is 5.73 Å². The molecule has 0 unspecified atom stereocenters. The number of nitrogens with one attached hydrogen (secondary N) is 1. The summed E-state index contributed by atoms with van der Waals surface area (Å²) in [6.45, 7) is 2.04. The highest BCUT2D eigenvalue weighted by molar-refractivity contribution is 5.15. The van der Waals surface area contributed by atoms with Crippen molar-refractivity contribution in [2.24, 2.45) is 5.73 Å². The van der Waals surface area contributed by atoms with Crippen molar-refractivity contribution in [3.05, 3.63) is 47.5 Å². The van der Waals surface area contributed by atoms with Gasteiger partial charge in [-0.15, -0.1) is 0 Å². The molecule has 1 atom stereocenters. The first-order valence-electron chi connectivity index (χ1n) is 6.00. The summed E-state index contributed by atoms with van der Waals surface area (Å²) >= 11 is 0. The third kappa shape index (κ3) is 3.14. The Morgan fingerprint density at radius 1 is 1.29 bits per heavy atom. The third-order valence-electron chi connectivity index (χ3n) is 2.80. The molecule has 90 valence electrons. The lowest BCUT2D eigenvalue weighted by molar-refractivity contribution is 0.614. The quantitative estimate of drug-likeness (QED) is 0.825. The first kappa shape index (κ1) is 11.8. The molecule has 1 heterocycles. The average Bonchev–Trinajstić information content (AvgIpc) is 2.86. The van der Waals surface area contributed by atoms with E-state index in [9.17, 15) is 0 Å². The van der Waals surface area contributed by atoms with Crippen molar-refractivity contribution in [3.63, 3.8) is 0 Å². The summed E-state index contributed by atoms with van der Waals surface area (Å²) in [5.41, 5.74) is 7.37. The smallest absolute Gasteiger partial charge is 0.167 e. The van der Waals surface area contributed by atoms with Gasteiger partial charge in [0.05, 0.1) is 6.04 Å². The van der Waals surface area contributed by atoms with Crippen molar-refractivity contribution in [1.82, 2.24) is 15.2 Å². The standard InChI is InChI=1S/C13H18N4/c1-2-12-15-13(17-16-12)11(14)9-8-10-6-4-3-5-7-10/h3-7,11H,2,8-9,14H2,1H3,(H,15,16,17)/t11-/m0/s1. The summed E-state index contributed by atoms with van der Waals surface area (Å²) in [7, 11) is 0. The first-order chi connectivity index (χ1) is 8.29. The minimum Gasteiger partial charge on any atom is -0.321 e. The van der Waals surface area contributed by atoms with Crippen LogP contribution in [0.4, 0.5) is 0 Å². The normalized spacial score (nSPS) is 12.6. The van der Waals surface area contributed by atoms with Crippen LogP contribution in [-0.2, 0) is 12.8 Å². The second kappa shape index (κ2) is 5.59.